The molecule has 1 aliphatic rings. The summed E-state index contributed by atoms with van der Waals surface area (Å²) in [6.45, 7) is 8.78. The van der Waals surface area contributed by atoms with E-state index in [1.807, 2.05) is 42.6 Å². The normalized spacial score (nSPS) is 12.9. The molecule has 6 aromatic carbocycles. The van der Waals surface area contributed by atoms with Gasteiger partial charge in [0.15, 0.2) is 0 Å². The van der Waals surface area contributed by atoms with Gasteiger partial charge in [-0.1, -0.05) is 110 Å². The minimum absolute atomic E-state index is 0. The van der Waals surface area contributed by atoms with E-state index in [9.17, 15) is 0 Å². The molecule has 7 heteroatoms. The minimum Gasteiger partial charge on any atom is -0.509 e. The van der Waals surface area contributed by atoms with Crippen LogP contribution in [0.1, 0.15) is 26.3 Å². The Morgan fingerprint density at radius 2 is 1.38 bits per heavy atom. The van der Waals surface area contributed by atoms with Crippen LogP contribution in [-0.2, 0) is 26.5 Å². The maximum absolute atomic E-state index is 6.70. The Kier molecular flexibility index (Phi) is 7.90. The van der Waals surface area contributed by atoms with Crippen molar-refractivity contribution < 1.29 is 30.2 Å². The van der Waals surface area contributed by atoms with Gasteiger partial charge in [-0.3, -0.25) is 0 Å². The molecule has 4 heterocycles. The summed E-state index contributed by atoms with van der Waals surface area (Å²) in [6, 6.07) is 52.9. The van der Waals surface area contributed by atoms with Crippen LogP contribution in [-0.4, -0.2) is 9.55 Å². The van der Waals surface area contributed by atoms with Crippen molar-refractivity contribution in [1.82, 2.24) is 9.55 Å². The van der Waals surface area contributed by atoms with Gasteiger partial charge in [-0.15, -0.1) is 30.3 Å². The fraction of sp³-hybridized carbons (Fsp3) is 0.0870. The van der Waals surface area contributed by atoms with Crippen LogP contribution < -0.4 is 14.5 Å². The second-order valence-corrected chi connectivity index (χ2v) is 14.2. The van der Waals surface area contributed by atoms with E-state index >= 15 is 0 Å². The van der Waals surface area contributed by atoms with Crippen LogP contribution in [0.4, 0.5) is 22.7 Å². The molecule has 9 aromatic rings. The molecule has 0 amide bonds. The molecule has 0 saturated carbocycles. The van der Waals surface area contributed by atoms with E-state index < -0.39 is 0 Å². The van der Waals surface area contributed by atoms with Crippen LogP contribution >= 0.6 is 0 Å². The van der Waals surface area contributed by atoms with Crippen molar-refractivity contribution in [3.05, 3.63) is 164 Å². The first-order valence-electron chi connectivity index (χ1n) is 17.5. The first kappa shape index (κ1) is 33.0. The third-order valence-corrected chi connectivity index (χ3v) is 9.89. The molecular weight excluding hydrogens is 836 g/mol. The second kappa shape index (κ2) is 12.7. The predicted molar refractivity (Wildman–Crippen MR) is 210 cm³/mol. The van der Waals surface area contributed by atoms with Gasteiger partial charge in [0.1, 0.15) is 11.4 Å². The van der Waals surface area contributed by atoms with Gasteiger partial charge in [-0.2, -0.15) is 6.07 Å². The van der Waals surface area contributed by atoms with E-state index in [-0.39, 0.29) is 26.5 Å². The SMILES string of the molecule is CC(C)(C)c1ccnc(-n2c3[c-]c(Oc4[c-]c(N5[CH-]N(c6ccccc6)c6ccccc65)c5c(c4)oc4ccccc45)ccc3c3ccccc32)c1.[Pt]. The topological polar surface area (TPSA) is 46.7 Å². The maximum Gasteiger partial charge on any atom is 0.135 e. The number of aromatic nitrogens is 2. The molecule has 3 aromatic heterocycles. The Hall–Kier alpha value is -5.84. The number of ether oxygens (including phenoxy) is 1. The Morgan fingerprint density at radius 1 is 0.660 bits per heavy atom. The van der Waals surface area contributed by atoms with Crippen molar-refractivity contribution in [2.45, 2.75) is 26.2 Å². The van der Waals surface area contributed by atoms with Gasteiger partial charge < -0.3 is 23.5 Å². The molecule has 1 aliphatic heterocycles. The summed E-state index contributed by atoms with van der Waals surface area (Å²) in [6.07, 6.45) is 1.89. The fourth-order valence-electron chi connectivity index (χ4n) is 7.36. The van der Waals surface area contributed by atoms with Gasteiger partial charge in [-0.25, -0.2) is 4.98 Å². The number of fused-ring (bicyclic) bond motifs is 7. The summed E-state index contributed by atoms with van der Waals surface area (Å²) in [5, 5.41) is 4.19. The van der Waals surface area contributed by atoms with E-state index in [2.05, 4.69) is 151 Å². The van der Waals surface area contributed by atoms with Gasteiger partial charge in [0.05, 0.1) is 0 Å². The number of nitrogens with zero attached hydrogens (tertiary/aromatic N) is 4. The average Bonchev–Trinajstić information content (AvgIpc) is 3.84. The number of para-hydroxylation sites is 5. The largest absolute Gasteiger partial charge is 0.509 e. The minimum atomic E-state index is -0.0251. The van der Waals surface area contributed by atoms with Crippen molar-refractivity contribution in [3.63, 3.8) is 0 Å². The van der Waals surface area contributed by atoms with E-state index in [0.717, 1.165) is 66.7 Å². The Bertz CT molecular complexity index is 2820. The van der Waals surface area contributed by atoms with E-state index in [1.54, 1.807) is 0 Å². The Morgan fingerprint density at radius 3 is 2.19 bits per heavy atom. The zero-order valence-corrected chi connectivity index (χ0v) is 31.6. The number of furan rings is 1. The van der Waals surface area contributed by atoms with Crippen LogP contribution in [0.2, 0.25) is 0 Å². The van der Waals surface area contributed by atoms with E-state index in [0.29, 0.717) is 17.1 Å². The van der Waals surface area contributed by atoms with Crippen molar-refractivity contribution in [2.75, 3.05) is 9.80 Å². The molecule has 6 nitrogen and oxygen atoms in total. The average molecular weight is 869 g/mol. The molecule has 262 valence electrons. The summed E-state index contributed by atoms with van der Waals surface area (Å²) in [5.41, 5.74) is 8.67. The fourth-order valence-corrected chi connectivity index (χ4v) is 7.36. The maximum atomic E-state index is 6.70. The Labute approximate surface area is 322 Å². The summed E-state index contributed by atoms with van der Waals surface area (Å²) < 4.78 is 15.4. The Balaban J connectivity index is 0.00000372. The molecule has 0 unspecified atom stereocenters. The predicted octanol–water partition coefficient (Wildman–Crippen LogP) is 12.2. The summed E-state index contributed by atoms with van der Waals surface area (Å²) in [7, 11) is 0. The number of anilines is 4. The van der Waals surface area contributed by atoms with Crippen LogP contribution in [0.25, 0.3) is 49.6 Å². The van der Waals surface area contributed by atoms with Crippen molar-refractivity contribution in [3.8, 4) is 17.3 Å². The third-order valence-electron chi connectivity index (χ3n) is 9.89. The van der Waals surface area contributed by atoms with Gasteiger partial charge >= 0.3 is 0 Å². The van der Waals surface area contributed by atoms with Gasteiger partial charge in [0.25, 0.3) is 0 Å². The van der Waals surface area contributed by atoms with Gasteiger partial charge in [-0.05, 0) is 70.3 Å². The zero-order chi connectivity index (χ0) is 35.0. The molecule has 53 heavy (non-hydrogen) atoms. The van der Waals surface area contributed by atoms with Gasteiger partial charge in [0.2, 0.25) is 0 Å². The van der Waals surface area contributed by atoms with Crippen LogP contribution in [0.5, 0.6) is 11.5 Å². The van der Waals surface area contributed by atoms with Crippen LogP contribution in [0, 0.1) is 18.8 Å². The molecule has 0 fully saturated rings. The zero-order valence-electron chi connectivity index (χ0n) is 29.3. The number of hydrogen-bond donors (Lipinski definition) is 0. The molecule has 0 N–H and O–H groups in total. The van der Waals surface area contributed by atoms with Crippen LogP contribution in [0.3, 0.4) is 0 Å². The van der Waals surface area contributed by atoms with E-state index in [1.165, 1.54) is 5.56 Å². The quantitative estimate of drug-likeness (QED) is 0.161. The number of pyridine rings is 1. The molecule has 0 radical (unpaired) electrons. The van der Waals surface area contributed by atoms with Crippen molar-refractivity contribution in [1.29, 1.82) is 0 Å². The summed E-state index contributed by atoms with van der Waals surface area (Å²) in [4.78, 5) is 9.22. The number of benzene rings is 6. The molecule has 0 spiro atoms. The summed E-state index contributed by atoms with van der Waals surface area (Å²) in [5.74, 6) is 1.94. The van der Waals surface area contributed by atoms with Crippen molar-refractivity contribution >= 4 is 66.5 Å². The second-order valence-electron chi connectivity index (χ2n) is 14.2. The standard InChI is InChI=1S/C46H33N4O2.Pt/c1-46(2,3)30-23-24-47-44(25-30)50-37-17-9-7-15-34(37)35-22-21-32(26-40(35)50)51-33-27-41(45-36-16-8-12-20-42(36)52-43(45)28-33)49-29-48(31-13-5-4-6-14-31)38-18-10-11-19-39(38)49;/h4-25,28-29H,1-3H3;/q-3;. The molecule has 0 aliphatic carbocycles. The molecule has 10 rings (SSSR count). The molecule has 0 saturated heterocycles. The van der Waals surface area contributed by atoms with Crippen molar-refractivity contribution in [2.24, 2.45) is 0 Å². The molecule has 0 bridgehead atoms. The van der Waals surface area contributed by atoms with Gasteiger partial charge in [0, 0.05) is 66.9 Å². The first-order valence-corrected chi connectivity index (χ1v) is 17.5. The van der Waals surface area contributed by atoms with E-state index in [4.69, 9.17) is 14.1 Å². The monoisotopic (exact) mass is 868 g/mol. The number of hydrogen-bond acceptors (Lipinski definition) is 5. The smallest absolute Gasteiger partial charge is 0.135 e. The van der Waals surface area contributed by atoms with Crippen LogP contribution in [0.15, 0.2) is 144 Å². The molecule has 0 atom stereocenters. The number of rotatable bonds is 5. The molecular formula is C46H33N4O2Pt-3. The summed E-state index contributed by atoms with van der Waals surface area (Å²) >= 11 is 0. The first-order chi connectivity index (χ1) is 25.4. The third kappa shape index (κ3) is 5.48.